The van der Waals surface area contributed by atoms with E-state index in [2.05, 4.69) is 0 Å². The quantitative estimate of drug-likeness (QED) is 0.855. The molecule has 1 aliphatic rings. The average molecular weight is 348 g/mol. The number of rotatable bonds is 1. The molecule has 0 saturated heterocycles. The molecule has 0 bridgehead atoms. The zero-order valence-corrected chi connectivity index (χ0v) is 12.8. The van der Waals surface area contributed by atoms with E-state index in [4.69, 9.17) is 14.9 Å². The van der Waals surface area contributed by atoms with Crippen molar-refractivity contribution in [1.82, 2.24) is 0 Å². The van der Waals surface area contributed by atoms with E-state index in [1.54, 1.807) is 0 Å². The minimum Gasteiger partial charge on any atom is -0.440 e. The Bertz CT molecular complexity index is 984. The van der Waals surface area contributed by atoms with Gasteiger partial charge in [0.25, 0.3) is 0 Å². The number of aryl methyl sites for hydroxylation is 1. The molecule has 1 atom stereocenters. The van der Waals surface area contributed by atoms with Gasteiger partial charge in [0, 0.05) is 6.07 Å². The Kier molecular flexibility index (Phi) is 3.80. The van der Waals surface area contributed by atoms with E-state index >= 15 is 0 Å². The van der Waals surface area contributed by atoms with Crippen molar-refractivity contribution >= 4 is 0 Å². The van der Waals surface area contributed by atoms with Gasteiger partial charge in [-0.05, 0) is 18.6 Å². The summed E-state index contributed by atoms with van der Waals surface area (Å²) >= 11 is 0. The molecule has 0 spiro atoms. The third-order valence-electron chi connectivity index (χ3n) is 3.80. The first-order valence-electron chi connectivity index (χ1n) is 7.11. The highest BCUT2D eigenvalue weighted by Crippen LogP contribution is 2.41. The van der Waals surface area contributed by atoms with Crippen LogP contribution in [0.3, 0.4) is 0 Å². The van der Waals surface area contributed by atoms with Gasteiger partial charge in [0.15, 0.2) is 0 Å². The Morgan fingerprint density at radius 2 is 2.00 bits per heavy atom. The molecule has 128 valence electrons. The molecule has 0 radical (unpaired) electrons. The molecule has 5 nitrogen and oxygen atoms in total. The van der Waals surface area contributed by atoms with Crippen LogP contribution in [0.25, 0.3) is 0 Å². The van der Waals surface area contributed by atoms with Crippen LogP contribution in [0, 0.1) is 18.3 Å². The lowest BCUT2D eigenvalue weighted by molar-refractivity contribution is -0.137. The Labute approximate surface area is 139 Å². The van der Waals surface area contributed by atoms with E-state index < -0.39 is 23.3 Å². The second kappa shape index (κ2) is 5.70. The van der Waals surface area contributed by atoms with Crippen LogP contribution in [0.15, 0.2) is 51.0 Å². The smallest absolute Gasteiger partial charge is 0.416 e. The fourth-order valence-electron chi connectivity index (χ4n) is 2.75. The normalized spacial score (nSPS) is 16.8. The predicted octanol–water partition coefficient (Wildman–Crippen LogP) is 3.19. The molecule has 0 aliphatic carbocycles. The summed E-state index contributed by atoms with van der Waals surface area (Å²) in [5.74, 6) is -1.05. The third-order valence-corrected chi connectivity index (χ3v) is 3.80. The number of fused-ring (bicyclic) bond motifs is 1. The second-order valence-electron chi connectivity index (χ2n) is 5.47. The molecule has 0 saturated carbocycles. The lowest BCUT2D eigenvalue weighted by Crippen LogP contribution is -2.26. The summed E-state index contributed by atoms with van der Waals surface area (Å²) in [4.78, 5) is 12.3. The van der Waals surface area contributed by atoms with Gasteiger partial charge in [-0.3, -0.25) is 0 Å². The standard InChI is InChI=1S/C17H11F3N2O3/c1-8-5-12-14(16(23)24-8)13(11(7-21)15(22)25-12)9-3-2-4-10(6-9)17(18,19)20/h2-6,13H,22H2,1H3/t13-/m1/s1. The molecular formula is C17H11F3N2O3. The molecule has 2 aromatic rings. The maximum atomic E-state index is 13.0. The van der Waals surface area contributed by atoms with Crippen molar-refractivity contribution < 1.29 is 22.3 Å². The summed E-state index contributed by atoms with van der Waals surface area (Å²) in [6, 6.07) is 7.58. The first-order valence-corrected chi connectivity index (χ1v) is 7.11. The van der Waals surface area contributed by atoms with Crippen molar-refractivity contribution in [3.8, 4) is 11.8 Å². The molecule has 3 rings (SSSR count). The highest BCUT2D eigenvalue weighted by molar-refractivity contribution is 5.55. The number of nitriles is 1. The van der Waals surface area contributed by atoms with Crippen LogP contribution in [0.1, 0.15) is 28.4 Å². The van der Waals surface area contributed by atoms with Crippen LogP contribution in [0.4, 0.5) is 13.2 Å². The highest BCUT2D eigenvalue weighted by atomic mass is 19.4. The second-order valence-corrected chi connectivity index (χ2v) is 5.47. The van der Waals surface area contributed by atoms with Crippen LogP contribution in [0.2, 0.25) is 0 Å². The van der Waals surface area contributed by atoms with Crippen LogP contribution in [-0.2, 0) is 6.18 Å². The molecule has 25 heavy (non-hydrogen) atoms. The predicted molar refractivity (Wildman–Crippen MR) is 80.5 cm³/mol. The molecular weight excluding hydrogens is 337 g/mol. The van der Waals surface area contributed by atoms with Gasteiger partial charge in [0.2, 0.25) is 5.88 Å². The maximum Gasteiger partial charge on any atom is 0.416 e. The van der Waals surface area contributed by atoms with E-state index in [-0.39, 0.29) is 34.1 Å². The lowest BCUT2D eigenvalue weighted by atomic mass is 9.84. The maximum absolute atomic E-state index is 13.0. The van der Waals surface area contributed by atoms with Crippen LogP contribution < -0.4 is 16.1 Å². The number of alkyl halides is 3. The summed E-state index contributed by atoms with van der Waals surface area (Å²) in [6.45, 7) is 1.52. The topological polar surface area (TPSA) is 89.2 Å². The molecule has 1 aromatic heterocycles. The first-order chi connectivity index (χ1) is 11.7. The molecule has 0 unspecified atom stereocenters. The SMILES string of the molecule is Cc1cc2c(c(=O)o1)[C@H](c1cccc(C(F)(F)F)c1)C(C#N)=C(N)O2. The van der Waals surface area contributed by atoms with E-state index in [0.717, 1.165) is 12.1 Å². The average Bonchev–Trinajstić information content (AvgIpc) is 2.52. The Hall–Kier alpha value is -3.21. The van der Waals surface area contributed by atoms with Crippen molar-refractivity contribution in [1.29, 1.82) is 5.26 Å². The number of nitrogens with zero attached hydrogens (tertiary/aromatic N) is 1. The molecule has 2 heterocycles. The van der Waals surface area contributed by atoms with Crippen molar-refractivity contribution in [3.05, 3.63) is 74.7 Å². The number of nitrogens with two attached hydrogens (primary N) is 1. The van der Waals surface area contributed by atoms with E-state index in [9.17, 15) is 23.2 Å². The van der Waals surface area contributed by atoms with Gasteiger partial charge in [-0.25, -0.2) is 4.79 Å². The van der Waals surface area contributed by atoms with Crippen LogP contribution in [0.5, 0.6) is 5.75 Å². The summed E-state index contributed by atoms with van der Waals surface area (Å²) in [5, 5.41) is 9.37. The minimum atomic E-state index is -4.57. The summed E-state index contributed by atoms with van der Waals surface area (Å²) in [6.07, 6.45) is -4.57. The van der Waals surface area contributed by atoms with Gasteiger partial charge in [-0.2, -0.15) is 18.4 Å². The van der Waals surface area contributed by atoms with Gasteiger partial charge in [-0.1, -0.05) is 18.2 Å². The summed E-state index contributed by atoms with van der Waals surface area (Å²) in [5.41, 5.74) is 3.93. The Morgan fingerprint density at radius 1 is 1.28 bits per heavy atom. The largest absolute Gasteiger partial charge is 0.440 e. The Balaban J connectivity index is 2.28. The number of ether oxygens (including phenoxy) is 1. The van der Waals surface area contributed by atoms with Gasteiger partial charge >= 0.3 is 11.8 Å². The minimum absolute atomic E-state index is 0.0596. The molecule has 8 heteroatoms. The van der Waals surface area contributed by atoms with Crippen molar-refractivity contribution in [2.24, 2.45) is 5.73 Å². The third kappa shape index (κ3) is 2.85. The van der Waals surface area contributed by atoms with Crippen molar-refractivity contribution in [2.75, 3.05) is 0 Å². The van der Waals surface area contributed by atoms with Crippen LogP contribution >= 0.6 is 0 Å². The van der Waals surface area contributed by atoms with E-state index in [1.165, 1.54) is 25.1 Å². The zero-order valence-electron chi connectivity index (χ0n) is 12.8. The number of halogens is 3. The Morgan fingerprint density at radius 3 is 2.64 bits per heavy atom. The van der Waals surface area contributed by atoms with Gasteiger partial charge in [0.05, 0.1) is 17.0 Å². The van der Waals surface area contributed by atoms with Gasteiger partial charge in [0.1, 0.15) is 23.2 Å². The molecule has 1 aromatic carbocycles. The van der Waals surface area contributed by atoms with Gasteiger partial charge in [-0.15, -0.1) is 0 Å². The zero-order chi connectivity index (χ0) is 18.4. The van der Waals surface area contributed by atoms with Crippen molar-refractivity contribution in [3.63, 3.8) is 0 Å². The molecule has 0 fully saturated rings. The first kappa shape index (κ1) is 16.6. The monoisotopic (exact) mass is 348 g/mol. The number of hydrogen-bond donors (Lipinski definition) is 1. The van der Waals surface area contributed by atoms with E-state index in [1.807, 2.05) is 6.07 Å². The highest BCUT2D eigenvalue weighted by Gasteiger charge is 2.36. The van der Waals surface area contributed by atoms with Crippen LogP contribution in [-0.4, -0.2) is 0 Å². The van der Waals surface area contributed by atoms with Gasteiger partial charge < -0.3 is 14.9 Å². The van der Waals surface area contributed by atoms with Crippen molar-refractivity contribution in [2.45, 2.75) is 19.0 Å². The van der Waals surface area contributed by atoms with E-state index in [0.29, 0.717) is 0 Å². The number of allylic oxidation sites excluding steroid dienone is 1. The lowest BCUT2D eigenvalue weighted by Gasteiger charge is -2.25. The molecule has 1 aliphatic heterocycles. The molecule has 2 N–H and O–H groups in total. The number of benzene rings is 1. The number of hydrogen-bond acceptors (Lipinski definition) is 5. The summed E-state index contributed by atoms with van der Waals surface area (Å²) < 4.78 is 49.4. The fraction of sp³-hybridized carbons (Fsp3) is 0.176. The summed E-state index contributed by atoms with van der Waals surface area (Å²) in [7, 11) is 0. The fourth-order valence-corrected chi connectivity index (χ4v) is 2.75. The molecule has 0 amide bonds.